The number of phenols is 1. The summed E-state index contributed by atoms with van der Waals surface area (Å²) in [5, 5.41) is 10.9. The van der Waals surface area contributed by atoms with Gasteiger partial charge in [-0.15, -0.1) is 0 Å². The van der Waals surface area contributed by atoms with Crippen LogP contribution in [-0.2, 0) is 9.59 Å². The van der Waals surface area contributed by atoms with Crippen molar-refractivity contribution in [2.75, 3.05) is 36.4 Å². The first-order chi connectivity index (χ1) is 23.4. The van der Waals surface area contributed by atoms with E-state index in [4.69, 9.17) is 20.7 Å². The van der Waals surface area contributed by atoms with Crippen LogP contribution in [0.3, 0.4) is 0 Å². The van der Waals surface area contributed by atoms with Crippen molar-refractivity contribution in [1.29, 1.82) is 0 Å². The molecule has 2 saturated carbocycles. The summed E-state index contributed by atoms with van der Waals surface area (Å²) in [5.74, 6) is -2.51. The van der Waals surface area contributed by atoms with Crippen molar-refractivity contribution < 1.29 is 23.2 Å². The van der Waals surface area contributed by atoms with Crippen LogP contribution >= 0.6 is 11.6 Å². The average Bonchev–Trinajstić information content (AvgIpc) is 3.99. The van der Waals surface area contributed by atoms with Gasteiger partial charge >= 0.3 is 0 Å². The Morgan fingerprint density at radius 2 is 1.83 bits per heavy atom. The normalized spacial score (nSPS) is 20.6. The molecule has 3 aromatic heterocycles. The van der Waals surface area contributed by atoms with Gasteiger partial charge in [0.2, 0.25) is 5.91 Å². The topological polar surface area (TPSA) is 125 Å². The van der Waals surface area contributed by atoms with Crippen LogP contribution in [0.5, 0.6) is 5.75 Å². The molecule has 3 fully saturated rings. The van der Waals surface area contributed by atoms with Crippen molar-refractivity contribution in [3.05, 3.63) is 75.8 Å². The van der Waals surface area contributed by atoms with E-state index in [0.717, 1.165) is 37.8 Å². The Kier molecular flexibility index (Phi) is 5.70. The summed E-state index contributed by atoms with van der Waals surface area (Å²) in [6, 6.07) is 4.05. The number of rotatable bonds is 5. The van der Waals surface area contributed by atoms with Crippen molar-refractivity contribution in [1.82, 2.24) is 24.4 Å². The summed E-state index contributed by atoms with van der Waals surface area (Å²) in [4.78, 5) is 59.4. The largest absolute Gasteiger partial charge is 0.507 e. The van der Waals surface area contributed by atoms with Gasteiger partial charge in [-0.05, 0) is 50.0 Å². The molecule has 13 heteroatoms. The number of phenolic OH excluding ortho intramolecular Hbond substituents is 1. The molecule has 1 atom stereocenters. The zero-order chi connectivity index (χ0) is 34.5. The molecule has 234 valence electrons. The van der Waals surface area contributed by atoms with Crippen LogP contribution < -0.4 is 15.4 Å². The number of piperazine rings is 1. The minimum Gasteiger partial charge on any atom is -0.507 e. The van der Waals surface area contributed by atoms with Crippen molar-refractivity contribution in [3.63, 3.8) is 0 Å². The number of carbonyl (C=O) groups excluding carboxylic acids is 2. The molecular weight excluding hydrogens is 613 g/mol. The molecule has 1 aromatic carbocycles. The van der Waals surface area contributed by atoms with E-state index >= 15 is 9.18 Å². The number of fused-ring (bicyclic) bond motifs is 5. The van der Waals surface area contributed by atoms with Crippen molar-refractivity contribution in [3.8, 4) is 22.7 Å². The third-order valence-corrected chi connectivity index (χ3v) is 9.48. The SMILES string of the molecule is [2H]C([2H])([2H])N1C(=O)[C@H]2CN(C(=O)C=C)CCN2c2c1c(=O)n(-c1c(C3CC3)ncnc1C1CC1)c1nc(-c3c(O)cccc3F)c(Cl)cc21. The van der Waals surface area contributed by atoms with E-state index in [1.165, 1.54) is 34.0 Å². The van der Waals surface area contributed by atoms with Gasteiger partial charge in [0.1, 0.15) is 29.6 Å². The van der Waals surface area contributed by atoms with Crippen molar-refractivity contribution in [2.45, 2.75) is 43.6 Å². The second-order valence-electron chi connectivity index (χ2n) is 12.1. The molecule has 4 aromatic rings. The van der Waals surface area contributed by atoms with E-state index in [9.17, 15) is 14.7 Å². The summed E-state index contributed by atoms with van der Waals surface area (Å²) in [5.41, 5.74) is -0.0658. The first kappa shape index (κ1) is 25.4. The molecule has 0 radical (unpaired) electrons. The van der Waals surface area contributed by atoms with E-state index in [1.807, 2.05) is 0 Å². The number of nitrogens with zero attached hydrogens (tertiary/aromatic N) is 7. The maximum Gasteiger partial charge on any atom is 0.283 e. The Bertz CT molecular complexity index is 2140. The highest BCUT2D eigenvalue weighted by Gasteiger charge is 2.45. The van der Waals surface area contributed by atoms with Gasteiger partial charge in [0.15, 0.2) is 5.65 Å². The highest BCUT2D eigenvalue weighted by Crippen LogP contribution is 2.49. The van der Waals surface area contributed by atoms with E-state index in [0.29, 0.717) is 22.0 Å². The predicted molar refractivity (Wildman–Crippen MR) is 170 cm³/mol. The maximum absolute atomic E-state index is 15.3. The summed E-state index contributed by atoms with van der Waals surface area (Å²) in [6.07, 6.45) is 5.83. The highest BCUT2D eigenvalue weighted by molar-refractivity contribution is 6.34. The lowest BCUT2D eigenvalue weighted by molar-refractivity contribution is -0.128. The third kappa shape index (κ3) is 4.23. The van der Waals surface area contributed by atoms with Crippen LogP contribution in [0.2, 0.25) is 5.02 Å². The van der Waals surface area contributed by atoms with E-state index in [2.05, 4.69) is 16.5 Å². The first-order valence-corrected chi connectivity index (χ1v) is 15.4. The number of aromatic hydroxyl groups is 1. The van der Waals surface area contributed by atoms with Gasteiger partial charge in [-0.1, -0.05) is 24.2 Å². The number of halogens is 2. The average molecular weight is 645 g/mol. The number of pyridine rings is 2. The Morgan fingerprint density at radius 1 is 1.11 bits per heavy atom. The number of hydrogen-bond donors (Lipinski definition) is 1. The monoisotopic (exact) mass is 644 g/mol. The quantitative estimate of drug-likeness (QED) is 0.320. The molecular formula is C33H29ClFN7O4. The van der Waals surface area contributed by atoms with Crippen molar-refractivity contribution in [2.24, 2.45) is 0 Å². The molecule has 8 rings (SSSR count). The van der Waals surface area contributed by atoms with Crippen LogP contribution in [0, 0.1) is 5.82 Å². The lowest BCUT2D eigenvalue weighted by Crippen LogP contribution is -2.63. The first-order valence-electron chi connectivity index (χ1n) is 16.5. The fourth-order valence-corrected chi connectivity index (χ4v) is 6.92. The van der Waals surface area contributed by atoms with Gasteiger partial charge in [-0.25, -0.2) is 19.3 Å². The van der Waals surface area contributed by atoms with E-state index in [1.54, 1.807) is 4.90 Å². The van der Waals surface area contributed by atoms with Crippen LogP contribution in [0.1, 0.15) is 53.0 Å². The number of aromatic nitrogens is 4. The molecule has 4 aliphatic rings. The smallest absolute Gasteiger partial charge is 0.283 e. The minimum absolute atomic E-state index is 0.00686. The number of carbonyl (C=O) groups is 2. The predicted octanol–water partition coefficient (Wildman–Crippen LogP) is 4.28. The Labute approximate surface area is 271 Å². The lowest BCUT2D eigenvalue weighted by Gasteiger charge is -2.47. The van der Waals surface area contributed by atoms with Gasteiger partial charge in [0.05, 0.1) is 45.6 Å². The van der Waals surface area contributed by atoms with Gasteiger partial charge < -0.3 is 19.8 Å². The molecule has 11 nitrogen and oxygen atoms in total. The zero-order valence-electron chi connectivity index (χ0n) is 27.4. The molecule has 1 N–H and O–H groups in total. The van der Waals surface area contributed by atoms with Gasteiger partial charge in [-0.2, -0.15) is 0 Å². The van der Waals surface area contributed by atoms with E-state index in [-0.39, 0.29) is 64.5 Å². The van der Waals surface area contributed by atoms with Gasteiger partial charge in [0, 0.05) is 41.4 Å². The second-order valence-corrected chi connectivity index (χ2v) is 12.5. The third-order valence-electron chi connectivity index (χ3n) is 9.19. The van der Waals surface area contributed by atoms with Crippen LogP contribution in [0.15, 0.2) is 48.0 Å². The summed E-state index contributed by atoms with van der Waals surface area (Å²) >= 11 is 6.83. The molecule has 2 aliphatic carbocycles. The fourth-order valence-electron chi connectivity index (χ4n) is 6.67. The fraction of sp³-hybridized carbons (Fsp3) is 0.333. The molecule has 2 aliphatic heterocycles. The molecule has 0 unspecified atom stereocenters. The van der Waals surface area contributed by atoms with Crippen LogP contribution in [-0.4, -0.2) is 74.0 Å². The molecule has 1 saturated heterocycles. The van der Waals surface area contributed by atoms with Gasteiger partial charge in [-0.3, -0.25) is 19.0 Å². The highest BCUT2D eigenvalue weighted by atomic mass is 35.5. The number of amides is 2. The molecule has 2 amide bonds. The Hall–Kier alpha value is -4.84. The lowest BCUT2D eigenvalue weighted by atomic mass is 10.0. The maximum atomic E-state index is 15.3. The Morgan fingerprint density at radius 3 is 2.46 bits per heavy atom. The zero-order valence-corrected chi connectivity index (χ0v) is 25.2. The second kappa shape index (κ2) is 10.3. The van der Waals surface area contributed by atoms with Crippen LogP contribution in [0.25, 0.3) is 28.0 Å². The number of hydrogen-bond acceptors (Lipinski definition) is 8. The Balaban J connectivity index is 1.51. The standard InChI is InChI=1S/C33H29ClFN7O4/c1-3-23(44)40-11-12-41-21(14-40)32(45)39(2)30-28(41)18-13-19(34)27(24-20(35)5-4-6-22(24)43)38-31(18)42(33(30)46)29-25(16-7-8-16)36-15-37-26(29)17-9-10-17/h3-6,13,15-17,21,43H,1,7-12,14H2,2H3/t21-/m1/s1/i2D3. The molecule has 46 heavy (non-hydrogen) atoms. The molecule has 0 bridgehead atoms. The number of benzene rings is 1. The molecule has 0 spiro atoms. The molecule has 5 heterocycles. The summed E-state index contributed by atoms with van der Waals surface area (Å²) < 4.78 is 42.0. The summed E-state index contributed by atoms with van der Waals surface area (Å²) in [6.45, 7) is 0.489. The number of anilines is 2. The van der Waals surface area contributed by atoms with Gasteiger partial charge in [0.25, 0.3) is 11.5 Å². The van der Waals surface area contributed by atoms with E-state index < -0.39 is 47.6 Å². The van der Waals surface area contributed by atoms with Crippen molar-refractivity contribution >= 4 is 45.8 Å². The summed E-state index contributed by atoms with van der Waals surface area (Å²) in [7, 11) is 0. The number of likely N-dealkylation sites (N-methyl/N-ethyl adjacent to an activating group) is 1. The minimum atomic E-state index is -3.10. The van der Waals surface area contributed by atoms with Crippen LogP contribution in [0.4, 0.5) is 15.8 Å².